The third kappa shape index (κ3) is 10.1. The summed E-state index contributed by atoms with van der Waals surface area (Å²) in [6.45, 7) is 5.44. The van der Waals surface area contributed by atoms with Gasteiger partial charge in [-0.1, -0.05) is 69.9 Å². The van der Waals surface area contributed by atoms with Crippen molar-refractivity contribution < 1.29 is 42.9 Å². The molecule has 0 saturated carbocycles. The Kier molecular flexibility index (Phi) is 14.2. The fraction of sp³-hybridized carbons (Fsp3) is 0.462. The second-order valence-corrected chi connectivity index (χ2v) is 16.4. The van der Waals surface area contributed by atoms with E-state index < -0.39 is 64.0 Å². The van der Waals surface area contributed by atoms with Crippen LogP contribution in [0.1, 0.15) is 77.3 Å². The summed E-state index contributed by atoms with van der Waals surface area (Å²) in [5.74, 6) is -4.03. The highest BCUT2D eigenvalue weighted by atomic mass is 32.2. The van der Waals surface area contributed by atoms with Gasteiger partial charge in [0.25, 0.3) is 5.91 Å². The van der Waals surface area contributed by atoms with E-state index in [1.54, 1.807) is 6.07 Å². The van der Waals surface area contributed by atoms with Gasteiger partial charge in [-0.15, -0.1) is 11.8 Å². The molecule has 1 amide bonds. The lowest BCUT2D eigenvalue weighted by molar-refractivity contribution is -0.147. The Hall–Kier alpha value is -4.07. The number of phenolic OH excluding ortho intramolecular Hbond substituents is 1. The average Bonchev–Trinajstić information content (AvgIpc) is 3.21. The number of aliphatic carboxylic acids is 1. The van der Waals surface area contributed by atoms with Gasteiger partial charge in [0, 0.05) is 30.1 Å². The number of para-hydroxylation sites is 1. The zero-order valence-corrected chi connectivity index (χ0v) is 31.8. The Labute approximate surface area is 310 Å². The molecule has 1 aliphatic rings. The number of unbranched alkanes of at least 4 members (excludes halogenated alkanes) is 2. The van der Waals surface area contributed by atoms with Crippen LogP contribution >= 0.6 is 11.8 Å². The molecular formula is C39H50N2O9S2. The van der Waals surface area contributed by atoms with Gasteiger partial charge in [-0.2, -0.15) is 0 Å². The molecule has 282 valence electrons. The van der Waals surface area contributed by atoms with Crippen molar-refractivity contribution in [2.24, 2.45) is 11.3 Å². The highest BCUT2D eigenvalue weighted by Crippen LogP contribution is 2.47. The van der Waals surface area contributed by atoms with E-state index in [9.17, 15) is 38.1 Å². The van der Waals surface area contributed by atoms with E-state index in [0.717, 1.165) is 44.2 Å². The van der Waals surface area contributed by atoms with E-state index in [4.69, 9.17) is 4.74 Å². The molecule has 0 aromatic heterocycles. The molecule has 3 aromatic rings. The molecule has 0 unspecified atom stereocenters. The monoisotopic (exact) mass is 754 g/mol. The molecule has 0 bridgehead atoms. The number of phenols is 1. The number of anilines is 2. The first kappa shape index (κ1) is 40.7. The summed E-state index contributed by atoms with van der Waals surface area (Å²) in [6, 6.07) is 17.3. The molecule has 0 radical (unpaired) electrons. The minimum absolute atomic E-state index is 0.0188. The van der Waals surface area contributed by atoms with E-state index in [1.807, 2.05) is 36.6 Å². The first-order chi connectivity index (χ1) is 24.7. The number of hydrogen-bond donors (Lipinski definition) is 4. The molecule has 0 spiro atoms. The molecule has 0 aliphatic carbocycles. The van der Waals surface area contributed by atoms with E-state index in [-0.39, 0.29) is 22.1 Å². The van der Waals surface area contributed by atoms with Crippen molar-refractivity contribution >= 4 is 50.6 Å². The zero-order valence-electron chi connectivity index (χ0n) is 30.2. The molecule has 52 heavy (non-hydrogen) atoms. The molecule has 0 fully saturated rings. The summed E-state index contributed by atoms with van der Waals surface area (Å²) in [7, 11) is -3.83. The zero-order chi connectivity index (χ0) is 38.1. The lowest BCUT2D eigenvalue weighted by Gasteiger charge is -2.37. The number of carbonyl (C=O) groups excluding carboxylic acids is 2. The predicted octanol–water partition coefficient (Wildman–Crippen LogP) is 6.68. The topological polar surface area (TPSA) is 171 Å². The number of aromatic hydroxyl groups is 1. The largest absolute Gasteiger partial charge is 0.508 e. The number of aliphatic hydroxyl groups excluding tert-OH is 1. The molecule has 1 aliphatic heterocycles. The maximum Gasteiger partial charge on any atom is 0.309 e. The van der Waals surface area contributed by atoms with Crippen LogP contribution in [0.2, 0.25) is 0 Å². The number of ether oxygens (including phenoxy) is 1. The van der Waals surface area contributed by atoms with Crippen molar-refractivity contribution in [1.29, 1.82) is 0 Å². The Morgan fingerprint density at radius 1 is 1.00 bits per heavy atom. The maximum atomic E-state index is 14.4. The van der Waals surface area contributed by atoms with E-state index >= 15 is 0 Å². The van der Waals surface area contributed by atoms with E-state index in [0.29, 0.717) is 22.7 Å². The van der Waals surface area contributed by atoms with Gasteiger partial charge in [0.1, 0.15) is 17.5 Å². The summed E-state index contributed by atoms with van der Waals surface area (Å²) in [6.07, 6.45) is 5.19. The van der Waals surface area contributed by atoms with Crippen LogP contribution in [0.15, 0.2) is 76.5 Å². The number of carboxylic acids is 1. The molecule has 1 heterocycles. The van der Waals surface area contributed by atoms with Crippen molar-refractivity contribution in [2.45, 2.75) is 87.7 Å². The van der Waals surface area contributed by atoms with Gasteiger partial charge < -0.3 is 30.3 Å². The number of sulfone groups is 1. The summed E-state index contributed by atoms with van der Waals surface area (Å²) in [5.41, 5.74) is 1.24. The molecule has 3 atom stereocenters. The number of ketones is 1. The molecule has 11 nitrogen and oxygen atoms in total. The molecule has 0 saturated heterocycles. The highest BCUT2D eigenvalue weighted by Gasteiger charge is 2.42. The van der Waals surface area contributed by atoms with Crippen LogP contribution in [0.25, 0.3) is 0 Å². The fourth-order valence-corrected chi connectivity index (χ4v) is 9.41. The normalized spacial score (nSPS) is 16.5. The van der Waals surface area contributed by atoms with Gasteiger partial charge in [-0.3, -0.25) is 14.4 Å². The number of carboxylic acid groups (broad SMARTS) is 1. The summed E-state index contributed by atoms with van der Waals surface area (Å²) in [4.78, 5) is 41.3. The van der Waals surface area contributed by atoms with Crippen LogP contribution in [-0.2, 0) is 24.2 Å². The molecule has 4 N–H and O–H groups in total. The van der Waals surface area contributed by atoms with Gasteiger partial charge in [0.2, 0.25) is 0 Å². The number of hydrogen-bond acceptors (Lipinski definition) is 10. The summed E-state index contributed by atoms with van der Waals surface area (Å²) in [5, 5.41) is 31.9. The van der Waals surface area contributed by atoms with Gasteiger partial charge >= 0.3 is 5.97 Å². The van der Waals surface area contributed by atoms with E-state index in [2.05, 4.69) is 24.1 Å². The Bertz CT molecular complexity index is 1790. The third-order valence-corrected chi connectivity index (χ3v) is 12.3. The highest BCUT2D eigenvalue weighted by molar-refractivity contribution is 7.98. The molecule has 13 heteroatoms. The standard InChI is InChI=1S/C39H50N2O9S2/c1-5-7-18-39(19-8-6-2)24-41(28-12-10-9-11-13-28)31-21-34(51-4)33(22-35(31)52(48,49)25-39)50-23-36(45)40-37(27-14-16-29(43)17-15-27)32(44)20-30(26(3)42)38(46)47/h9-17,21-22,26,30,37,42-43H,5-8,18-20,23-25H2,1-4H3,(H,40,45)(H,46,47)/t26-,30+,37-/m1/s1. The molecular weight excluding hydrogens is 705 g/mol. The number of carbonyl (C=O) groups is 3. The number of nitrogens with one attached hydrogen (secondary N) is 1. The Morgan fingerprint density at radius 3 is 2.19 bits per heavy atom. The fourth-order valence-electron chi connectivity index (χ4n) is 6.74. The number of rotatable bonds is 18. The first-order valence-electron chi connectivity index (χ1n) is 17.7. The third-order valence-electron chi connectivity index (χ3n) is 9.58. The number of fused-ring (bicyclic) bond motifs is 1. The second kappa shape index (κ2) is 18.1. The number of nitrogens with zero attached hydrogens (tertiary/aromatic N) is 1. The smallest absolute Gasteiger partial charge is 0.309 e. The number of Topliss-reactive ketones (excluding diaryl/α,β-unsaturated/α-hetero) is 1. The van der Waals surface area contributed by atoms with Gasteiger partial charge in [-0.05, 0) is 61.9 Å². The van der Waals surface area contributed by atoms with Crippen molar-refractivity contribution in [3.05, 3.63) is 72.3 Å². The SMILES string of the molecule is CCCCC1(CCCC)CN(c2ccccc2)c2cc(SC)c(OCC(=O)N[C@@H](C(=O)C[C@H](C(=O)O)[C@@H](C)O)c3ccc(O)cc3)cc2S(=O)(=O)C1. The quantitative estimate of drug-likeness (QED) is 0.102. The molecule has 3 aromatic carbocycles. The van der Waals surface area contributed by atoms with Gasteiger partial charge in [0.05, 0.1) is 33.3 Å². The van der Waals surface area contributed by atoms with E-state index in [1.165, 1.54) is 49.0 Å². The van der Waals surface area contributed by atoms with Crippen LogP contribution < -0.4 is 15.0 Å². The lowest BCUT2D eigenvalue weighted by Crippen LogP contribution is -2.39. The number of aliphatic hydroxyl groups is 1. The summed E-state index contributed by atoms with van der Waals surface area (Å²) >= 11 is 1.35. The number of amides is 1. The minimum Gasteiger partial charge on any atom is -0.508 e. The maximum absolute atomic E-state index is 14.4. The van der Waals surface area contributed by atoms with Crippen molar-refractivity contribution in [1.82, 2.24) is 5.32 Å². The Balaban J connectivity index is 1.69. The van der Waals surface area contributed by atoms with Crippen molar-refractivity contribution in [3.8, 4) is 11.5 Å². The lowest BCUT2D eigenvalue weighted by atomic mass is 9.79. The van der Waals surface area contributed by atoms with Crippen LogP contribution in [0, 0.1) is 11.3 Å². The summed E-state index contributed by atoms with van der Waals surface area (Å²) < 4.78 is 34.8. The van der Waals surface area contributed by atoms with Crippen LogP contribution in [0.5, 0.6) is 11.5 Å². The van der Waals surface area contributed by atoms with Crippen molar-refractivity contribution in [2.75, 3.05) is 30.1 Å². The van der Waals surface area contributed by atoms with Crippen LogP contribution in [0.3, 0.4) is 0 Å². The second-order valence-electron chi connectivity index (χ2n) is 13.6. The Morgan fingerprint density at radius 2 is 1.63 bits per heavy atom. The molecule has 4 rings (SSSR count). The first-order valence-corrected chi connectivity index (χ1v) is 20.5. The van der Waals surface area contributed by atoms with Gasteiger partial charge in [-0.25, -0.2) is 8.42 Å². The number of benzene rings is 3. The number of thioether (sulfide) groups is 1. The van der Waals surface area contributed by atoms with Crippen LogP contribution in [0.4, 0.5) is 11.4 Å². The predicted molar refractivity (Wildman–Crippen MR) is 202 cm³/mol. The minimum atomic E-state index is -3.83. The van der Waals surface area contributed by atoms with Crippen molar-refractivity contribution in [3.63, 3.8) is 0 Å². The van der Waals surface area contributed by atoms with Crippen LogP contribution in [-0.4, -0.2) is 72.7 Å². The van der Waals surface area contributed by atoms with Gasteiger partial charge in [0.15, 0.2) is 22.2 Å². The average molecular weight is 755 g/mol.